The SMILES string of the molecule is CO[C@]1(c2ccc(F)cc2)CC[C@H](Oc2ccn3c(C4CC4(F)F)nnc3c2C(F)(F)F)CC1. The van der Waals surface area contributed by atoms with Crippen molar-refractivity contribution in [1.29, 1.82) is 0 Å². The van der Waals surface area contributed by atoms with Crippen molar-refractivity contribution in [3.05, 3.63) is 59.3 Å². The predicted molar refractivity (Wildman–Crippen MR) is 108 cm³/mol. The van der Waals surface area contributed by atoms with Crippen molar-refractivity contribution in [1.82, 2.24) is 14.6 Å². The van der Waals surface area contributed by atoms with Crippen LogP contribution in [0.3, 0.4) is 0 Å². The van der Waals surface area contributed by atoms with Crippen LogP contribution >= 0.6 is 0 Å². The molecule has 1 unspecified atom stereocenters. The van der Waals surface area contributed by atoms with Crippen LogP contribution in [0, 0.1) is 5.82 Å². The Kier molecular flexibility index (Phi) is 5.30. The van der Waals surface area contributed by atoms with Crippen molar-refractivity contribution in [2.45, 2.75) is 61.8 Å². The molecule has 2 aromatic heterocycles. The van der Waals surface area contributed by atoms with E-state index < -0.39 is 53.1 Å². The third-order valence-electron chi connectivity index (χ3n) is 6.78. The van der Waals surface area contributed by atoms with Gasteiger partial charge in [-0.3, -0.25) is 4.40 Å². The van der Waals surface area contributed by atoms with E-state index in [4.69, 9.17) is 9.47 Å². The monoisotopic (exact) mass is 485 g/mol. The lowest BCUT2D eigenvalue weighted by atomic mass is 9.78. The molecule has 0 saturated heterocycles. The van der Waals surface area contributed by atoms with E-state index in [1.165, 1.54) is 18.3 Å². The van der Waals surface area contributed by atoms with Crippen molar-refractivity contribution in [3.8, 4) is 5.75 Å². The molecular formula is C23H21F6N3O2. The van der Waals surface area contributed by atoms with Crippen LogP contribution in [0.15, 0.2) is 36.5 Å². The molecule has 5 nitrogen and oxygen atoms in total. The number of hydrogen-bond donors (Lipinski definition) is 0. The number of rotatable bonds is 5. The first-order valence-electron chi connectivity index (χ1n) is 10.8. The van der Waals surface area contributed by atoms with Gasteiger partial charge in [-0.05, 0) is 49.4 Å². The smallest absolute Gasteiger partial charge is 0.423 e. The molecule has 2 heterocycles. The fourth-order valence-corrected chi connectivity index (χ4v) is 4.77. The third-order valence-corrected chi connectivity index (χ3v) is 6.78. The van der Waals surface area contributed by atoms with Crippen LogP contribution in [0.4, 0.5) is 26.3 Å². The summed E-state index contributed by atoms with van der Waals surface area (Å²) in [6.07, 6.45) is -2.84. The van der Waals surface area contributed by atoms with Crippen LogP contribution in [0.5, 0.6) is 5.75 Å². The molecular weight excluding hydrogens is 464 g/mol. The van der Waals surface area contributed by atoms with Crippen LogP contribution in [-0.2, 0) is 16.5 Å². The van der Waals surface area contributed by atoms with E-state index in [0.29, 0.717) is 25.7 Å². The number of aromatic nitrogens is 3. The first-order valence-corrected chi connectivity index (χ1v) is 10.8. The zero-order chi connectivity index (χ0) is 24.3. The fraction of sp³-hybridized carbons (Fsp3) is 0.478. The lowest BCUT2D eigenvalue weighted by molar-refractivity contribution is -0.138. The van der Waals surface area contributed by atoms with Gasteiger partial charge >= 0.3 is 6.18 Å². The molecule has 5 rings (SSSR count). The fourth-order valence-electron chi connectivity index (χ4n) is 4.77. The lowest BCUT2D eigenvalue weighted by Crippen LogP contribution is -2.37. The number of ether oxygens (including phenoxy) is 2. The maximum atomic E-state index is 14.0. The first kappa shape index (κ1) is 22.9. The number of halogens is 6. The molecule has 0 N–H and O–H groups in total. The molecule has 0 radical (unpaired) electrons. The normalized spacial score (nSPS) is 26.6. The van der Waals surface area contributed by atoms with E-state index in [-0.39, 0.29) is 11.6 Å². The van der Waals surface area contributed by atoms with E-state index in [0.717, 1.165) is 16.0 Å². The van der Waals surface area contributed by atoms with Crippen molar-refractivity contribution >= 4 is 5.65 Å². The molecule has 2 saturated carbocycles. The largest absolute Gasteiger partial charge is 0.490 e. The van der Waals surface area contributed by atoms with Crippen molar-refractivity contribution in [2.75, 3.05) is 7.11 Å². The average Bonchev–Trinajstić information content (AvgIpc) is 3.22. The Morgan fingerprint density at radius 2 is 1.68 bits per heavy atom. The molecule has 3 aromatic rings. The van der Waals surface area contributed by atoms with E-state index >= 15 is 0 Å². The zero-order valence-electron chi connectivity index (χ0n) is 18.1. The quantitative estimate of drug-likeness (QED) is 0.424. The third kappa shape index (κ3) is 3.89. The molecule has 2 aliphatic rings. The van der Waals surface area contributed by atoms with Crippen LogP contribution in [0.1, 0.15) is 55.0 Å². The van der Waals surface area contributed by atoms with E-state index in [2.05, 4.69) is 10.2 Å². The molecule has 1 atom stereocenters. The summed E-state index contributed by atoms with van der Waals surface area (Å²) < 4.78 is 94.7. The molecule has 182 valence electrons. The summed E-state index contributed by atoms with van der Waals surface area (Å²) in [5.41, 5.74) is -1.59. The number of alkyl halides is 5. The molecule has 0 spiro atoms. The maximum absolute atomic E-state index is 14.0. The second-order valence-corrected chi connectivity index (χ2v) is 8.84. The Morgan fingerprint density at radius 1 is 1.03 bits per heavy atom. The van der Waals surface area contributed by atoms with E-state index in [1.54, 1.807) is 19.2 Å². The Morgan fingerprint density at radius 3 is 2.24 bits per heavy atom. The van der Waals surface area contributed by atoms with Gasteiger partial charge in [0.1, 0.15) is 23.0 Å². The Labute approximate surface area is 190 Å². The summed E-state index contributed by atoms with van der Waals surface area (Å²) >= 11 is 0. The number of nitrogens with zero attached hydrogens (tertiary/aromatic N) is 3. The van der Waals surface area contributed by atoms with E-state index in [9.17, 15) is 26.3 Å². The van der Waals surface area contributed by atoms with Gasteiger partial charge in [-0.1, -0.05) is 12.1 Å². The molecule has 1 aromatic carbocycles. The van der Waals surface area contributed by atoms with Gasteiger partial charge in [-0.15, -0.1) is 10.2 Å². The minimum absolute atomic E-state index is 0.195. The highest BCUT2D eigenvalue weighted by Gasteiger charge is 2.60. The van der Waals surface area contributed by atoms with Gasteiger partial charge in [-0.2, -0.15) is 13.2 Å². The molecule has 0 amide bonds. The molecule has 34 heavy (non-hydrogen) atoms. The summed E-state index contributed by atoms with van der Waals surface area (Å²) in [6, 6.07) is 7.09. The molecule has 0 bridgehead atoms. The minimum atomic E-state index is -4.83. The number of hydrogen-bond acceptors (Lipinski definition) is 4. The lowest BCUT2D eigenvalue weighted by Gasteiger charge is -2.39. The highest BCUT2D eigenvalue weighted by molar-refractivity contribution is 5.57. The van der Waals surface area contributed by atoms with Crippen LogP contribution in [-0.4, -0.2) is 33.7 Å². The average molecular weight is 485 g/mol. The minimum Gasteiger partial charge on any atom is -0.490 e. The van der Waals surface area contributed by atoms with Gasteiger partial charge in [0.2, 0.25) is 0 Å². The van der Waals surface area contributed by atoms with Crippen molar-refractivity contribution < 1.29 is 35.8 Å². The maximum Gasteiger partial charge on any atom is 0.423 e. The highest BCUT2D eigenvalue weighted by atomic mass is 19.4. The topological polar surface area (TPSA) is 48.7 Å². The number of pyridine rings is 1. The second-order valence-electron chi connectivity index (χ2n) is 8.84. The van der Waals surface area contributed by atoms with E-state index in [1.807, 2.05) is 0 Å². The summed E-state index contributed by atoms with van der Waals surface area (Å²) in [5, 5.41) is 7.20. The van der Waals surface area contributed by atoms with Gasteiger partial charge in [0.15, 0.2) is 5.65 Å². The van der Waals surface area contributed by atoms with Crippen molar-refractivity contribution in [3.63, 3.8) is 0 Å². The summed E-state index contributed by atoms with van der Waals surface area (Å²) in [6.45, 7) is 0. The van der Waals surface area contributed by atoms with Gasteiger partial charge in [0.05, 0.1) is 17.6 Å². The number of benzene rings is 1. The first-order chi connectivity index (χ1) is 16.0. The molecule has 2 aliphatic carbocycles. The summed E-state index contributed by atoms with van der Waals surface area (Å²) in [5.74, 6) is -5.22. The number of methoxy groups -OCH3 is 1. The highest BCUT2D eigenvalue weighted by Crippen LogP contribution is 2.55. The standard InChI is InChI=1S/C23H21F6N3O2/c1-33-21(13-2-4-14(24)5-3-13)9-6-15(7-10-21)34-17-8-11-32-19(16-12-22(16,25)26)30-31-20(32)18(17)23(27,28)29/h2-5,8,11,15-16H,6-7,9-10,12H2,1H3/t15-,16?,21+. The summed E-state index contributed by atoms with van der Waals surface area (Å²) in [4.78, 5) is 0. The van der Waals surface area contributed by atoms with Gasteiger partial charge in [0, 0.05) is 19.7 Å². The van der Waals surface area contributed by atoms with Crippen LogP contribution in [0.2, 0.25) is 0 Å². The summed E-state index contributed by atoms with van der Waals surface area (Å²) in [7, 11) is 1.55. The number of fused-ring (bicyclic) bond motifs is 1. The van der Waals surface area contributed by atoms with Gasteiger partial charge < -0.3 is 9.47 Å². The van der Waals surface area contributed by atoms with Crippen molar-refractivity contribution in [2.24, 2.45) is 0 Å². The second kappa shape index (κ2) is 7.86. The van der Waals surface area contributed by atoms with Crippen LogP contribution in [0.25, 0.3) is 5.65 Å². The van der Waals surface area contributed by atoms with Gasteiger partial charge in [-0.25, -0.2) is 13.2 Å². The molecule has 11 heteroatoms. The predicted octanol–water partition coefficient (Wildman–Crippen LogP) is 5.87. The Hall–Kier alpha value is -2.82. The van der Waals surface area contributed by atoms with Gasteiger partial charge in [0.25, 0.3) is 5.92 Å². The molecule has 0 aliphatic heterocycles. The zero-order valence-corrected chi connectivity index (χ0v) is 18.1. The van der Waals surface area contributed by atoms with Crippen LogP contribution < -0.4 is 4.74 Å². The Bertz CT molecular complexity index is 1200. The molecule has 2 fully saturated rings. The Balaban J connectivity index is 1.39.